The summed E-state index contributed by atoms with van der Waals surface area (Å²) in [5.41, 5.74) is 5.08. The molecule has 1 N–H and O–H groups in total. The van der Waals surface area contributed by atoms with Crippen LogP contribution in [0.15, 0.2) is 84.1 Å². The Balaban J connectivity index is 1.55. The van der Waals surface area contributed by atoms with Crippen molar-refractivity contribution in [1.82, 2.24) is 0 Å². The zero-order chi connectivity index (χ0) is 23.9. The maximum absolute atomic E-state index is 13.9. The van der Waals surface area contributed by atoms with Crippen molar-refractivity contribution in [3.63, 3.8) is 0 Å². The van der Waals surface area contributed by atoms with E-state index in [4.69, 9.17) is 9.47 Å². The van der Waals surface area contributed by atoms with Gasteiger partial charge in [-0.1, -0.05) is 55.5 Å². The van der Waals surface area contributed by atoms with Gasteiger partial charge in [-0.2, -0.15) is 0 Å². The summed E-state index contributed by atoms with van der Waals surface area (Å²) in [6, 6.07) is 23.1. The molecule has 1 aliphatic carbocycles. The molecule has 35 heavy (non-hydrogen) atoms. The van der Waals surface area contributed by atoms with Crippen LogP contribution in [-0.2, 0) is 9.59 Å². The number of ketones is 1. The maximum Gasteiger partial charge on any atom is 0.231 e. The smallest absolute Gasteiger partial charge is 0.231 e. The molecule has 6 rings (SSSR count). The summed E-state index contributed by atoms with van der Waals surface area (Å²) in [7, 11) is 0. The summed E-state index contributed by atoms with van der Waals surface area (Å²) in [5, 5.41) is 3.56. The lowest BCUT2D eigenvalue weighted by atomic mass is 9.78. The third-order valence-corrected chi connectivity index (χ3v) is 7.04. The molecule has 0 fully saturated rings. The number of hydrogen-bond donors (Lipinski definition) is 1. The van der Waals surface area contributed by atoms with Gasteiger partial charge in [-0.15, -0.1) is 0 Å². The van der Waals surface area contributed by atoms with Gasteiger partial charge in [0.25, 0.3) is 0 Å². The van der Waals surface area contributed by atoms with E-state index in [1.54, 1.807) is 4.90 Å². The van der Waals surface area contributed by atoms with Crippen LogP contribution in [0.5, 0.6) is 11.5 Å². The molecule has 2 heterocycles. The highest BCUT2D eigenvalue weighted by molar-refractivity contribution is 6.06. The molecule has 6 heteroatoms. The zero-order valence-corrected chi connectivity index (χ0v) is 19.5. The van der Waals surface area contributed by atoms with Crippen LogP contribution in [-0.4, -0.2) is 18.5 Å². The molecule has 0 radical (unpaired) electrons. The number of para-hydroxylation sites is 2. The van der Waals surface area contributed by atoms with Crippen LogP contribution in [0.1, 0.15) is 49.3 Å². The van der Waals surface area contributed by atoms with Crippen molar-refractivity contribution in [1.29, 1.82) is 0 Å². The van der Waals surface area contributed by atoms with Crippen molar-refractivity contribution in [2.24, 2.45) is 0 Å². The van der Waals surface area contributed by atoms with Crippen LogP contribution in [0.3, 0.4) is 0 Å². The van der Waals surface area contributed by atoms with Crippen LogP contribution >= 0.6 is 0 Å². The first-order valence-corrected chi connectivity index (χ1v) is 12.0. The van der Waals surface area contributed by atoms with Crippen molar-refractivity contribution in [3.8, 4) is 11.5 Å². The van der Waals surface area contributed by atoms with Gasteiger partial charge in [0.15, 0.2) is 17.3 Å². The van der Waals surface area contributed by atoms with Crippen LogP contribution in [0, 0.1) is 0 Å². The van der Waals surface area contributed by atoms with Crippen molar-refractivity contribution >= 4 is 23.1 Å². The number of nitrogens with zero attached hydrogens (tertiary/aromatic N) is 1. The number of rotatable bonds is 3. The molecule has 1 amide bonds. The molecular formula is C29H26N2O4. The van der Waals surface area contributed by atoms with Gasteiger partial charge in [-0.25, -0.2) is 0 Å². The highest BCUT2D eigenvalue weighted by Gasteiger charge is 2.41. The van der Waals surface area contributed by atoms with Crippen molar-refractivity contribution in [2.45, 2.75) is 38.1 Å². The molecule has 0 saturated carbocycles. The molecule has 2 atom stereocenters. The van der Waals surface area contributed by atoms with Crippen molar-refractivity contribution < 1.29 is 19.1 Å². The average Bonchev–Trinajstić information content (AvgIpc) is 3.30. The lowest BCUT2D eigenvalue weighted by molar-refractivity contribution is -0.119. The summed E-state index contributed by atoms with van der Waals surface area (Å²) in [4.78, 5) is 29.2. The fourth-order valence-corrected chi connectivity index (χ4v) is 5.40. The minimum atomic E-state index is -0.563. The Morgan fingerprint density at radius 2 is 1.71 bits per heavy atom. The Kier molecular flexibility index (Phi) is 5.29. The van der Waals surface area contributed by atoms with Gasteiger partial charge in [0.2, 0.25) is 12.7 Å². The largest absolute Gasteiger partial charge is 0.454 e. The normalized spacial score (nSPS) is 20.6. The Morgan fingerprint density at radius 3 is 2.54 bits per heavy atom. The number of Topliss-reactive ketones (excluding diaryl/α,β-unsaturated/α-hetero) is 1. The topological polar surface area (TPSA) is 67.9 Å². The molecule has 3 aromatic rings. The number of amides is 1. The fraction of sp³-hybridized carbons (Fsp3) is 0.241. The van der Waals surface area contributed by atoms with Gasteiger partial charge < -0.3 is 14.8 Å². The molecule has 0 bridgehead atoms. The Morgan fingerprint density at radius 1 is 0.943 bits per heavy atom. The Bertz CT molecular complexity index is 1350. The van der Waals surface area contributed by atoms with E-state index < -0.39 is 6.04 Å². The number of hydrogen-bond acceptors (Lipinski definition) is 5. The van der Waals surface area contributed by atoms with E-state index in [1.165, 1.54) is 0 Å². The molecule has 3 aromatic carbocycles. The van der Waals surface area contributed by atoms with Crippen molar-refractivity contribution in [2.75, 3.05) is 17.0 Å². The van der Waals surface area contributed by atoms with Gasteiger partial charge in [0.1, 0.15) is 0 Å². The molecule has 2 aliphatic heterocycles. The van der Waals surface area contributed by atoms with E-state index in [9.17, 15) is 9.59 Å². The van der Waals surface area contributed by atoms with E-state index >= 15 is 0 Å². The van der Waals surface area contributed by atoms with Crippen LogP contribution in [0.4, 0.5) is 11.4 Å². The van der Waals surface area contributed by atoms with Gasteiger partial charge in [-0.05, 0) is 47.7 Å². The first kappa shape index (κ1) is 21.5. The van der Waals surface area contributed by atoms with Gasteiger partial charge in [0, 0.05) is 24.1 Å². The molecule has 0 spiro atoms. The van der Waals surface area contributed by atoms with E-state index in [1.807, 2.05) is 67.6 Å². The van der Waals surface area contributed by atoms with Crippen LogP contribution in [0.25, 0.3) is 0 Å². The Labute approximate surface area is 204 Å². The zero-order valence-electron chi connectivity index (χ0n) is 19.5. The van der Waals surface area contributed by atoms with Gasteiger partial charge >= 0.3 is 0 Å². The maximum atomic E-state index is 13.9. The van der Waals surface area contributed by atoms with Crippen LogP contribution < -0.4 is 19.7 Å². The second-order valence-electron chi connectivity index (χ2n) is 9.11. The summed E-state index contributed by atoms with van der Waals surface area (Å²) >= 11 is 0. The number of anilines is 2. The standard InChI is InChI=1S/C29H26N2O4/c1-2-27(33)31-23-11-7-6-10-21(23)30-22-14-20(18-8-4-3-5-9-18)15-24(32)28(22)29(31)19-12-13-25-26(16-19)35-17-34-25/h3-13,16,20,29-30H,2,14-15,17H2,1H3/t20-,29-/m1/s1. The average molecular weight is 467 g/mol. The van der Waals surface area contributed by atoms with E-state index in [0.717, 1.165) is 28.2 Å². The van der Waals surface area contributed by atoms with E-state index in [2.05, 4.69) is 17.4 Å². The quantitative estimate of drug-likeness (QED) is 0.534. The fourth-order valence-electron chi connectivity index (χ4n) is 5.40. The number of benzene rings is 3. The number of nitrogens with one attached hydrogen (secondary N) is 1. The Hall–Kier alpha value is -4.06. The third-order valence-electron chi connectivity index (χ3n) is 7.04. The van der Waals surface area contributed by atoms with E-state index in [-0.39, 0.29) is 24.4 Å². The second kappa shape index (κ2) is 8.62. The summed E-state index contributed by atoms with van der Waals surface area (Å²) in [6.45, 7) is 2.01. The van der Waals surface area contributed by atoms with Crippen LogP contribution in [0.2, 0.25) is 0 Å². The number of carbonyl (C=O) groups excluding carboxylic acids is 2. The molecule has 176 valence electrons. The molecule has 6 nitrogen and oxygen atoms in total. The lowest BCUT2D eigenvalue weighted by Crippen LogP contribution is -2.38. The lowest BCUT2D eigenvalue weighted by Gasteiger charge is -2.35. The second-order valence-corrected chi connectivity index (χ2v) is 9.11. The summed E-state index contributed by atoms with van der Waals surface area (Å²) in [5.74, 6) is 1.38. The molecular weight excluding hydrogens is 440 g/mol. The number of ether oxygens (including phenoxy) is 2. The number of allylic oxidation sites excluding steroid dienone is 1. The predicted molar refractivity (Wildman–Crippen MR) is 134 cm³/mol. The monoisotopic (exact) mass is 466 g/mol. The molecule has 0 aromatic heterocycles. The molecule has 0 unspecified atom stereocenters. The summed E-state index contributed by atoms with van der Waals surface area (Å²) < 4.78 is 11.2. The molecule has 0 saturated heterocycles. The number of fused-ring (bicyclic) bond motifs is 2. The third kappa shape index (κ3) is 3.66. The SMILES string of the molecule is CCC(=O)N1c2ccccc2NC2=C(C(=O)C[C@H](c3ccccc3)C2)[C@H]1c1ccc2c(c1)OCO2. The van der Waals surface area contributed by atoms with Gasteiger partial charge in [0.05, 0.1) is 17.4 Å². The van der Waals surface area contributed by atoms with Gasteiger partial charge in [-0.3, -0.25) is 14.5 Å². The first-order valence-electron chi connectivity index (χ1n) is 12.0. The van der Waals surface area contributed by atoms with E-state index in [0.29, 0.717) is 36.3 Å². The minimum absolute atomic E-state index is 0.0475. The predicted octanol–water partition coefficient (Wildman–Crippen LogP) is 5.73. The number of carbonyl (C=O) groups is 2. The highest BCUT2D eigenvalue weighted by atomic mass is 16.7. The highest BCUT2D eigenvalue weighted by Crippen LogP contribution is 2.48. The van der Waals surface area contributed by atoms with Crippen molar-refractivity contribution in [3.05, 3.63) is 95.2 Å². The molecule has 3 aliphatic rings. The first-order chi connectivity index (χ1) is 17.1. The minimum Gasteiger partial charge on any atom is -0.454 e. The summed E-state index contributed by atoms with van der Waals surface area (Å²) in [6.07, 6.45) is 1.41.